The van der Waals surface area contributed by atoms with Gasteiger partial charge in [-0.2, -0.15) is 0 Å². The highest BCUT2D eigenvalue weighted by atomic mass is 79.9. The van der Waals surface area contributed by atoms with Gasteiger partial charge in [0.2, 0.25) is 0 Å². The van der Waals surface area contributed by atoms with E-state index in [1.54, 1.807) is 0 Å². The molecule has 0 fully saturated rings. The maximum Gasteiger partial charge on any atom is 0.147 e. The summed E-state index contributed by atoms with van der Waals surface area (Å²) < 4.78 is 0. The van der Waals surface area contributed by atoms with Crippen LogP contribution < -0.4 is 0 Å². The van der Waals surface area contributed by atoms with E-state index in [4.69, 9.17) is 0 Å². The van der Waals surface area contributed by atoms with Crippen LogP contribution in [0.1, 0.15) is 41.5 Å². The number of Topliss-reactive ketones (excluding diaryl/α,β-unsaturated/α-hetero) is 1. The predicted molar refractivity (Wildman–Crippen MR) is 61.2 cm³/mol. The fourth-order valence-electron chi connectivity index (χ4n) is 2.34. The molecule has 0 aliphatic rings. The highest BCUT2D eigenvalue weighted by Gasteiger charge is 2.39. The van der Waals surface area contributed by atoms with Gasteiger partial charge in [-0.25, -0.2) is 0 Å². The van der Waals surface area contributed by atoms with Gasteiger partial charge in [0.15, 0.2) is 0 Å². The summed E-state index contributed by atoms with van der Waals surface area (Å²) in [5, 5.41) is 0.464. The minimum absolute atomic E-state index is 0.0447. The topological polar surface area (TPSA) is 17.1 Å². The van der Waals surface area contributed by atoms with E-state index in [0.29, 0.717) is 11.1 Å². The van der Waals surface area contributed by atoms with Crippen LogP contribution in [0.4, 0.5) is 0 Å². The van der Waals surface area contributed by atoms with E-state index in [2.05, 4.69) is 57.5 Å². The lowest BCUT2D eigenvalue weighted by molar-refractivity contribution is -0.127. The normalized spacial score (nSPS) is 13.5. The third-order valence-electron chi connectivity index (χ3n) is 2.19. The second-order valence-electron chi connectivity index (χ2n) is 5.77. The van der Waals surface area contributed by atoms with E-state index in [1.165, 1.54) is 0 Å². The Hall–Kier alpha value is 0.150. The summed E-state index contributed by atoms with van der Waals surface area (Å²) in [5.41, 5.74) is 0.0895. The van der Waals surface area contributed by atoms with Crippen LogP contribution in [0.15, 0.2) is 0 Å². The van der Waals surface area contributed by atoms with Gasteiger partial charge in [0.1, 0.15) is 5.78 Å². The number of ketones is 1. The Morgan fingerprint density at radius 3 is 1.46 bits per heavy atom. The molecule has 0 atom stereocenters. The lowest BCUT2D eigenvalue weighted by atomic mass is 9.65. The number of carbonyl (C=O) groups excluding carboxylic acids is 1. The van der Waals surface area contributed by atoms with Gasteiger partial charge in [0.05, 0.1) is 5.33 Å². The van der Waals surface area contributed by atoms with Gasteiger partial charge in [-0.1, -0.05) is 57.5 Å². The van der Waals surface area contributed by atoms with E-state index in [9.17, 15) is 4.79 Å². The molecule has 78 valence electrons. The summed E-state index contributed by atoms with van der Waals surface area (Å²) in [5.74, 6) is 0.416. The highest BCUT2D eigenvalue weighted by molar-refractivity contribution is 9.09. The Morgan fingerprint density at radius 1 is 1.08 bits per heavy atom. The Labute approximate surface area is 90.4 Å². The fourth-order valence-corrected chi connectivity index (χ4v) is 2.67. The lowest BCUT2D eigenvalue weighted by Gasteiger charge is -2.39. The Morgan fingerprint density at radius 2 is 1.38 bits per heavy atom. The number of halogens is 1. The van der Waals surface area contributed by atoms with Crippen LogP contribution in [0.5, 0.6) is 0 Å². The number of hydrogen-bond acceptors (Lipinski definition) is 1. The van der Waals surface area contributed by atoms with Crippen molar-refractivity contribution in [1.29, 1.82) is 0 Å². The van der Waals surface area contributed by atoms with Gasteiger partial charge in [-0.05, 0) is 10.8 Å². The molecule has 0 heterocycles. The maximum absolute atomic E-state index is 11.8. The first-order chi connectivity index (χ1) is 5.60. The van der Waals surface area contributed by atoms with Crippen molar-refractivity contribution in [2.75, 3.05) is 5.33 Å². The lowest BCUT2D eigenvalue weighted by Crippen LogP contribution is -2.39. The molecule has 0 spiro atoms. The van der Waals surface area contributed by atoms with Crippen molar-refractivity contribution in [2.45, 2.75) is 41.5 Å². The van der Waals surface area contributed by atoms with Crippen LogP contribution >= 0.6 is 15.9 Å². The number of carbonyl (C=O) groups is 1. The molecule has 1 nitrogen and oxygen atoms in total. The smallest absolute Gasteiger partial charge is 0.147 e. The molecule has 0 aromatic carbocycles. The van der Waals surface area contributed by atoms with Crippen molar-refractivity contribution in [3.63, 3.8) is 0 Å². The van der Waals surface area contributed by atoms with Crippen LogP contribution in [0.2, 0.25) is 0 Å². The molecule has 0 saturated heterocycles. The zero-order valence-corrected chi connectivity index (χ0v) is 11.2. The monoisotopic (exact) mass is 248 g/mol. The minimum Gasteiger partial charge on any atom is -0.298 e. The average molecular weight is 249 g/mol. The zero-order valence-electron chi connectivity index (χ0n) is 9.57. The predicted octanol–water partition coefficient (Wildman–Crippen LogP) is 3.66. The number of alkyl halides is 1. The van der Waals surface area contributed by atoms with Crippen molar-refractivity contribution >= 4 is 21.7 Å². The highest BCUT2D eigenvalue weighted by Crippen LogP contribution is 2.40. The molecule has 2 heteroatoms. The summed E-state index contributed by atoms with van der Waals surface area (Å²) in [6, 6.07) is 0. The second kappa shape index (κ2) is 4.12. The molecular weight excluding hydrogens is 228 g/mol. The average Bonchev–Trinajstić information content (AvgIpc) is 1.80. The number of hydrogen-bond donors (Lipinski definition) is 0. The van der Waals surface area contributed by atoms with Crippen LogP contribution in [-0.2, 0) is 4.79 Å². The molecule has 0 saturated carbocycles. The van der Waals surface area contributed by atoms with E-state index < -0.39 is 0 Å². The second-order valence-corrected chi connectivity index (χ2v) is 6.33. The van der Waals surface area contributed by atoms with Crippen molar-refractivity contribution in [2.24, 2.45) is 16.7 Å². The Bertz CT molecular complexity index is 169. The molecule has 0 aromatic rings. The summed E-state index contributed by atoms with van der Waals surface area (Å²) in [6.07, 6.45) is 0. The molecule has 13 heavy (non-hydrogen) atoms. The molecule has 0 unspecified atom stereocenters. The van der Waals surface area contributed by atoms with Crippen molar-refractivity contribution < 1.29 is 4.79 Å². The molecule has 0 N–H and O–H groups in total. The van der Waals surface area contributed by atoms with Gasteiger partial charge in [-0.3, -0.25) is 4.79 Å². The summed E-state index contributed by atoms with van der Waals surface area (Å²) in [7, 11) is 0. The van der Waals surface area contributed by atoms with Crippen LogP contribution in [0.25, 0.3) is 0 Å². The first-order valence-corrected chi connectivity index (χ1v) is 5.81. The summed E-state index contributed by atoms with van der Waals surface area (Å²) in [6.45, 7) is 12.8. The van der Waals surface area contributed by atoms with Crippen molar-refractivity contribution in [3.05, 3.63) is 0 Å². The van der Waals surface area contributed by atoms with Crippen LogP contribution in [0.3, 0.4) is 0 Å². The third kappa shape index (κ3) is 3.80. The van der Waals surface area contributed by atoms with Gasteiger partial charge in [-0.15, -0.1) is 0 Å². The zero-order chi connectivity index (χ0) is 10.9. The first kappa shape index (κ1) is 13.2. The van der Waals surface area contributed by atoms with E-state index in [0.717, 1.165) is 0 Å². The Balaban J connectivity index is 4.89. The molecular formula is C11H21BrO. The van der Waals surface area contributed by atoms with Crippen LogP contribution in [-0.4, -0.2) is 11.1 Å². The summed E-state index contributed by atoms with van der Waals surface area (Å²) >= 11 is 3.25. The summed E-state index contributed by atoms with van der Waals surface area (Å²) in [4.78, 5) is 11.8. The minimum atomic E-state index is 0.0447. The largest absolute Gasteiger partial charge is 0.298 e. The quantitative estimate of drug-likeness (QED) is 0.682. The van der Waals surface area contributed by atoms with E-state index in [-0.39, 0.29) is 16.7 Å². The molecule has 0 bridgehead atoms. The Kier molecular flexibility index (Phi) is 4.17. The molecule has 0 radical (unpaired) electrons. The van der Waals surface area contributed by atoms with Crippen LogP contribution in [0, 0.1) is 16.7 Å². The van der Waals surface area contributed by atoms with Gasteiger partial charge < -0.3 is 0 Å². The number of rotatable bonds is 2. The molecule has 0 aliphatic carbocycles. The fraction of sp³-hybridized carbons (Fsp3) is 0.909. The third-order valence-corrected chi connectivity index (χ3v) is 2.74. The van der Waals surface area contributed by atoms with Gasteiger partial charge in [0.25, 0.3) is 0 Å². The van der Waals surface area contributed by atoms with Gasteiger partial charge in [0, 0.05) is 5.92 Å². The van der Waals surface area contributed by atoms with Crippen molar-refractivity contribution in [3.8, 4) is 0 Å². The standard InChI is InChI=1S/C11H21BrO/c1-10(2,3)9(8(13)7-12)11(4,5)6/h9H,7H2,1-6H3. The molecule has 0 rings (SSSR count). The van der Waals surface area contributed by atoms with E-state index in [1.807, 2.05) is 0 Å². The van der Waals surface area contributed by atoms with Gasteiger partial charge >= 0.3 is 0 Å². The maximum atomic E-state index is 11.8. The van der Waals surface area contributed by atoms with Crippen molar-refractivity contribution in [1.82, 2.24) is 0 Å². The molecule has 0 amide bonds. The first-order valence-electron chi connectivity index (χ1n) is 4.69. The molecule has 0 aromatic heterocycles. The molecule has 0 aliphatic heterocycles. The van der Waals surface area contributed by atoms with E-state index >= 15 is 0 Å². The SMILES string of the molecule is CC(C)(C)C(C(=O)CBr)C(C)(C)C.